The molecule has 0 saturated carbocycles. The first-order valence-electron chi connectivity index (χ1n) is 6.62. The Kier molecular flexibility index (Phi) is 4.69. The average Bonchev–Trinajstić information content (AvgIpc) is 2.81. The van der Waals surface area contributed by atoms with Gasteiger partial charge in [0.1, 0.15) is 6.04 Å². The minimum Gasteiger partial charge on any atom is -0.480 e. The molecule has 1 aliphatic heterocycles. The zero-order valence-corrected chi connectivity index (χ0v) is 12.2. The second-order valence-electron chi connectivity index (χ2n) is 5.09. The summed E-state index contributed by atoms with van der Waals surface area (Å²) < 4.78 is 0. The lowest BCUT2D eigenvalue weighted by atomic mass is 10.1. The molecule has 21 heavy (non-hydrogen) atoms. The van der Waals surface area contributed by atoms with Crippen LogP contribution in [0, 0.1) is 0 Å². The summed E-state index contributed by atoms with van der Waals surface area (Å²) in [5.41, 5.74) is 0.749. The van der Waals surface area contributed by atoms with E-state index >= 15 is 0 Å². The fraction of sp³-hybridized carbons (Fsp3) is 0.429. The molecule has 2 rings (SSSR count). The van der Waals surface area contributed by atoms with E-state index in [0.717, 1.165) is 10.5 Å². The van der Waals surface area contributed by atoms with Crippen LogP contribution in [-0.4, -0.2) is 45.8 Å². The molecule has 1 unspecified atom stereocenters. The number of rotatable bonds is 3. The third kappa shape index (κ3) is 3.46. The van der Waals surface area contributed by atoms with Crippen molar-refractivity contribution in [1.29, 1.82) is 0 Å². The van der Waals surface area contributed by atoms with Crippen molar-refractivity contribution in [3.63, 3.8) is 0 Å². The summed E-state index contributed by atoms with van der Waals surface area (Å²) in [6.07, 6.45) is -0.768. The Bertz CT molecular complexity index is 552. The number of aliphatic carboxylic acids is 1. The molecule has 0 spiro atoms. The first kappa shape index (κ1) is 15.6. The molecule has 1 aromatic carbocycles. The van der Waals surface area contributed by atoms with Gasteiger partial charge in [0, 0.05) is 18.0 Å². The van der Waals surface area contributed by atoms with Gasteiger partial charge in [-0.15, -0.1) is 0 Å². The van der Waals surface area contributed by atoms with Crippen molar-refractivity contribution in [2.45, 2.75) is 31.5 Å². The van der Waals surface area contributed by atoms with E-state index in [1.807, 2.05) is 6.07 Å². The topological polar surface area (TPSA) is 89.9 Å². The number of benzene rings is 1. The molecule has 1 heterocycles. The standard InChI is InChI=1S/C14H17ClN2O4/c1-8(10-4-2-3-5-11(10)15)16-14(21)17-7-9(18)6-12(17)13(19)20/h2-5,8-9,12,18H,6-7H2,1H3,(H,16,21)(H,19,20)/t8?,9-,12-/m0/s1. The van der Waals surface area contributed by atoms with Gasteiger partial charge >= 0.3 is 12.0 Å². The number of carbonyl (C=O) groups is 2. The maximum absolute atomic E-state index is 12.2. The third-order valence-electron chi connectivity index (χ3n) is 3.54. The second-order valence-corrected chi connectivity index (χ2v) is 5.50. The molecule has 0 aromatic heterocycles. The van der Waals surface area contributed by atoms with E-state index < -0.39 is 24.1 Å². The molecule has 2 amide bonds. The van der Waals surface area contributed by atoms with E-state index in [2.05, 4.69) is 5.32 Å². The van der Waals surface area contributed by atoms with E-state index in [-0.39, 0.29) is 19.0 Å². The molecule has 1 saturated heterocycles. The number of hydrogen-bond acceptors (Lipinski definition) is 3. The van der Waals surface area contributed by atoms with Gasteiger partial charge < -0.3 is 20.4 Å². The van der Waals surface area contributed by atoms with Crippen molar-refractivity contribution in [1.82, 2.24) is 10.2 Å². The van der Waals surface area contributed by atoms with Crippen LogP contribution in [-0.2, 0) is 4.79 Å². The number of β-amino-alcohol motifs (C(OH)–C–C–N with tert-alkyl or cyclic N) is 1. The summed E-state index contributed by atoms with van der Waals surface area (Å²) in [6, 6.07) is 5.23. The average molecular weight is 313 g/mol. The number of likely N-dealkylation sites (tertiary alicyclic amines) is 1. The number of nitrogens with zero attached hydrogens (tertiary/aromatic N) is 1. The molecule has 0 bridgehead atoms. The highest BCUT2D eigenvalue weighted by Gasteiger charge is 2.39. The highest BCUT2D eigenvalue weighted by atomic mass is 35.5. The fourth-order valence-corrected chi connectivity index (χ4v) is 2.74. The lowest BCUT2D eigenvalue weighted by molar-refractivity contribution is -0.141. The zero-order valence-electron chi connectivity index (χ0n) is 11.5. The lowest BCUT2D eigenvalue weighted by Gasteiger charge is -2.24. The van der Waals surface area contributed by atoms with Crippen LogP contribution < -0.4 is 5.32 Å². The van der Waals surface area contributed by atoms with Crippen molar-refractivity contribution in [3.8, 4) is 0 Å². The molecule has 0 aliphatic carbocycles. The monoisotopic (exact) mass is 312 g/mol. The van der Waals surface area contributed by atoms with Gasteiger partial charge in [0.05, 0.1) is 12.1 Å². The van der Waals surface area contributed by atoms with Gasteiger partial charge in [-0.2, -0.15) is 0 Å². The van der Waals surface area contributed by atoms with Crippen molar-refractivity contribution in [3.05, 3.63) is 34.9 Å². The number of carboxylic acid groups (broad SMARTS) is 1. The van der Waals surface area contributed by atoms with Crippen LogP contribution in [0.25, 0.3) is 0 Å². The van der Waals surface area contributed by atoms with E-state index in [0.29, 0.717) is 5.02 Å². The largest absolute Gasteiger partial charge is 0.480 e. The number of halogens is 1. The maximum atomic E-state index is 12.2. The van der Waals surface area contributed by atoms with Crippen LogP contribution in [0.1, 0.15) is 24.9 Å². The summed E-state index contributed by atoms with van der Waals surface area (Å²) in [5, 5.41) is 21.9. The summed E-state index contributed by atoms with van der Waals surface area (Å²) >= 11 is 6.07. The van der Waals surface area contributed by atoms with Gasteiger partial charge in [0.2, 0.25) is 0 Å². The van der Waals surface area contributed by atoms with Crippen LogP contribution in [0.15, 0.2) is 24.3 Å². The SMILES string of the molecule is CC(NC(=O)N1C[C@@H](O)C[C@H]1C(=O)O)c1ccccc1Cl. The molecular formula is C14H17ClN2O4. The molecule has 3 atom stereocenters. The van der Waals surface area contributed by atoms with E-state index in [1.54, 1.807) is 25.1 Å². The highest BCUT2D eigenvalue weighted by Crippen LogP contribution is 2.24. The Morgan fingerprint density at radius 2 is 2.10 bits per heavy atom. The maximum Gasteiger partial charge on any atom is 0.326 e. The minimum absolute atomic E-state index is 0.0119. The normalized spacial score (nSPS) is 22.9. The van der Waals surface area contributed by atoms with E-state index in [1.165, 1.54) is 0 Å². The predicted molar refractivity (Wildman–Crippen MR) is 77.2 cm³/mol. The van der Waals surface area contributed by atoms with Gasteiger partial charge in [-0.1, -0.05) is 29.8 Å². The van der Waals surface area contributed by atoms with Gasteiger partial charge in [-0.05, 0) is 18.6 Å². The molecule has 1 aromatic rings. The molecule has 1 fully saturated rings. The first-order chi connectivity index (χ1) is 9.90. The summed E-state index contributed by atoms with van der Waals surface area (Å²) in [4.78, 5) is 24.5. The molecule has 0 radical (unpaired) electrons. The van der Waals surface area contributed by atoms with Crippen LogP contribution in [0.5, 0.6) is 0 Å². The fourth-order valence-electron chi connectivity index (χ4n) is 2.44. The van der Waals surface area contributed by atoms with Crippen LogP contribution in [0.2, 0.25) is 5.02 Å². The molecule has 1 aliphatic rings. The van der Waals surface area contributed by atoms with Gasteiger partial charge in [-0.25, -0.2) is 9.59 Å². The lowest BCUT2D eigenvalue weighted by Crippen LogP contribution is -2.46. The Hall–Kier alpha value is -1.79. The van der Waals surface area contributed by atoms with Crippen molar-refractivity contribution in [2.75, 3.05) is 6.54 Å². The molecule has 114 valence electrons. The predicted octanol–water partition coefficient (Wildman–Crippen LogP) is 1.63. The van der Waals surface area contributed by atoms with E-state index in [9.17, 15) is 14.7 Å². The number of aliphatic hydroxyl groups excluding tert-OH is 1. The summed E-state index contributed by atoms with van der Waals surface area (Å²) in [7, 11) is 0. The van der Waals surface area contributed by atoms with Crippen molar-refractivity contribution >= 4 is 23.6 Å². The van der Waals surface area contributed by atoms with Crippen molar-refractivity contribution < 1.29 is 19.8 Å². The zero-order chi connectivity index (χ0) is 15.6. The Labute approximate surface area is 127 Å². The number of carboxylic acids is 1. The summed E-state index contributed by atoms with van der Waals surface area (Å²) in [5.74, 6) is -1.12. The molecule has 7 heteroatoms. The van der Waals surface area contributed by atoms with Gasteiger partial charge in [0.25, 0.3) is 0 Å². The van der Waals surface area contributed by atoms with Gasteiger partial charge in [0.15, 0.2) is 0 Å². The number of nitrogens with one attached hydrogen (secondary N) is 1. The minimum atomic E-state index is -1.12. The number of hydrogen-bond donors (Lipinski definition) is 3. The number of aliphatic hydroxyl groups is 1. The Morgan fingerprint density at radius 3 is 2.71 bits per heavy atom. The van der Waals surface area contributed by atoms with Crippen molar-refractivity contribution in [2.24, 2.45) is 0 Å². The molecular weight excluding hydrogens is 296 g/mol. The van der Waals surface area contributed by atoms with Crippen LogP contribution in [0.3, 0.4) is 0 Å². The highest BCUT2D eigenvalue weighted by molar-refractivity contribution is 6.31. The van der Waals surface area contributed by atoms with Crippen LogP contribution in [0.4, 0.5) is 4.79 Å². The quantitative estimate of drug-likeness (QED) is 0.791. The number of carbonyl (C=O) groups excluding carboxylic acids is 1. The molecule has 6 nitrogen and oxygen atoms in total. The molecule has 3 N–H and O–H groups in total. The third-order valence-corrected chi connectivity index (χ3v) is 3.88. The van der Waals surface area contributed by atoms with Gasteiger partial charge in [-0.3, -0.25) is 0 Å². The van der Waals surface area contributed by atoms with Crippen LogP contribution >= 0.6 is 11.6 Å². The number of urea groups is 1. The second kappa shape index (κ2) is 6.32. The first-order valence-corrected chi connectivity index (χ1v) is 7.00. The Balaban J connectivity index is 2.07. The van der Waals surface area contributed by atoms with E-state index in [4.69, 9.17) is 16.7 Å². The summed E-state index contributed by atoms with van der Waals surface area (Å²) in [6.45, 7) is 1.78. The number of amides is 2. The smallest absolute Gasteiger partial charge is 0.326 e. The Morgan fingerprint density at radius 1 is 1.43 bits per heavy atom.